The Morgan fingerprint density at radius 2 is 1.04 bits per heavy atom. The Hall–Kier alpha value is -2.55. The van der Waals surface area contributed by atoms with Gasteiger partial charge in [0.15, 0.2) is 6.10 Å². The molecule has 0 N–H and O–H groups in total. The predicted octanol–water partition coefficient (Wildman–Crippen LogP) is 11.2. The molecule has 0 saturated heterocycles. The highest BCUT2D eigenvalue weighted by atomic mass is 31.2. The van der Waals surface area contributed by atoms with Gasteiger partial charge in [0.1, 0.15) is 19.8 Å². The van der Waals surface area contributed by atoms with E-state index in [-0.39, 0.29) is 26.1 Å². The first kappa shape index (κ1) is 52.5. The zero-order valence-corrected chi connectivity index (χ0v) is 36.2. The van der Waals surface area contributed by atoms with Gasteiger partial charge >= 0.3 is 11.9 Å². The van der Waals surface area contributed by atoms with Crippen molar-refractivity contribution in [2.45, 2.75) is 155 Å². The minimum atomic E-state index is -4.64. The number of quaternary nitrogens is 1. The van der Waals surface area contributed by atoms with Crippen molar-refractivity contribution in [3.8, 4) is 0 Å². The van der Waals surface area contributed by atoms with Gasteiger partial charge in [-0.2, -0.15) is 0 Å². The number of likely N-dealkylation sites (N-methyl/N-ethyl adjacent to an activating group) is 1. The van der Waals surface area contributed by atoms with Gasteiger partial charge in [-0.05, 0) is 57.8 Å². The largest absolute Gasteiger partial charge is 0.756 e. The highest BCUT2D eigenvalue weighted by molar-refractivity contribution is 7.45. The van der Waals surface area contributed by atoms with Crippen molar-refractivity contribution in [3.05, 3.63) is 72.9 Å². The van der Waals surface area contributed by atoms with Crippen molar-refractivity contribution in [1.82, 2.24) is 0 Å². The molecule has 0 saturated carbocycles. The molecule has 2 unspecified atom stereocenters. The zero-order valence-electron chi connectivity index (χ0n) is 35.3. The van der Waals surface area contributed by atoms with Gasteiger partial charge in [0.25, 0.3) is 7.82 Å². The summed E-state index contributed by atoms with van der Waals surface area (Å²) < 4.78 is 33.8. The third-order valence-corrected chi connectivity index (χ3v) is 9.55. The quantitative estimate of drug-likeness (QED) is 0.0201. The molecule has 0 amide bonds. The van der Waals surface area contributed by atoms with Crippen LogP contribution in [0.2, 0.25) is 0 Å². The van der Waals surface area contributed by atoms with Gasteiger partial charge in [-0.25, -0.2) is 0 Å². The third-order valence-electron chi connectivity index (χ3n) is 8.58. The Morgan fingerprint density at radius 1 is 0.582 bits per heavy atom. The van der Waals surface area contributed by atoms with Crippen LogP contribution in [0.25, 0.3) is 0 Å². The molecule has 0 aliphatic heterocycles. The van der Waals surface area contributed by atoms with Crippen molar-refractivity contribution < 1.29 is 42.1 Å². The summed E-state index contributed by atoms with van der Waals surface area (Å²) >= 11 is 0. The number of hydrogen-bond donors (Lipinski definition) is 0. The number of carbonyl (C=O) groups is 2. The van der Waals surface area contributed by atoms with Crippen LogP contribution in [-0.4, -0.2) is 70.0 Å². The van der Waals surface area contributed by atoms with Gasteiger partial charge in [0, 0.05) is 12.8 Å². The minimum Gasteiger partial charge on any atom is -0.756 e. The maximum atomic E-state index is 12.6. The number of unbranched alkanes of at least 4 members (excludes halogenated alkanes) is 15. The summed E-state index contributed by atoms with van der Waals surface area (Å²) in [6.45, 7) is 4.00. The van der Waals surface area contributed by atoms with E-state index in [1.807, 2.05) is 39.4 Å². The average molecular weight is 792 g/mol. The first-order valence-corrected chi connectivity index (χ1v) is 22.7. The van der Waals surface area contributed by atoms with Gasteiger partial charge in [-0.15, -0.1) is 0 Å². The first-order chi connectivity index (χ1) is 26.5. The molecule has 10 heteroatoms. The summed E-state index contributed by atoms with van der Waals surface area (Å²) in [5, 5.41) is 0. The van der Waals surface area contributed by atoms with Crippen LogP contribution in [0, 0.1) is 0 Å². The highest BCUT2D eigenvalue weighted by Gasteiger charge is 2.21. The molecule has 0 aromatic carbocycles. The fourth-order valence-corrected chi connectivity index (χ4v) is 5.97. The van der Waals surface area contributed by atoms with Gasteiger partial charge in [-0.1, -0.05) is 151 Å². The van der Waals surface area contributed by atoms with Crippen LogP contribution in [0.1, 0.15) is 149 Å². The Balaban J connectivity index is 4.45. The fourth-order valence-electron chi connectivity index (χ4n) is 5.24. The van der Waals surface area contributed by atoms with E-state index < -0.39 is 32.5 Å². The Kier molecular flexibility index (Phi) is 35.3. The van der Waals surface area contributed by atoms with Gasteiger partial charge in [0.05, 0.1) is 27.7 Å². The SMILES string of the molecule is CC/C=C/C=C/C=C/CCCCCCCC(=O)OC(COC(=O)CCCCCCC/C=C/C=C/C=C/CCCCCCC)COP(=O)([O-])OCC[N+](C)(C)C. The second-order valence-electron chi connectivity index (χ2n) is 15.1. The van der Waals surface area contributed by atoms with E-state index in [0.29, 0.717) is 23.9 Å². The summed E-state index contributed by atoms with van der Waals surface area (Å²) in [5.41, 5.74) is 0. The predicted molar refractivity (Wildman–Crippen MR) is 226 cm³/mol. The molecule has 0 aliphatic rings. The molecule has 0 aromatic rings. The van der Waals surface area contributed by atoms with Crippen molar-refractivity contribution >= 4 is 19.8 Å². The van der Waals surface area contributed by atoms with Crippen LogP contribution >= 0.6 is 7.82 Å². The van der Waals surface area contributed by atoms with Crippen molar-refractivity contribution in [2.24, 2.45) is 0 Å². The van der Waals surface area contributed by atoms with E-state index in [1.54, 1.807) is 0 Å². The fraction of sp³-hybridized carbons (Fsp3) is 0.689. The van der Waals surface area contributed by atoms with E-state index in [4.69, 9.17) is 18.5 Å². The van der Waals surface area contributed by atoms with Crippen LogP contribution in [0.5, 0.6) is 0 Å². The molecule has 0 spiro atoms. The Morgan fingerprint density at radius 3 is 1.53 bits per heavy atom. The molecule has 0 bridgehead atoms. The van der Waals surface area contributed by atoms with Gasteiger partial charge in [0.2, 0.25) is 0 Å². The van der Waals surface area contributed by atoms with Crippen molar-refractivity contribution in [2.75, 3.05) is 47.5 Å². The topological polar surface area (TPSA) is 111 Å². The van der Waals surface area contributed by atoms with Crippen LogP contribution in [0.3, 0.4) is 0 Å². The lowest BCUT2D eigenvalue weighted by atomic mass is 10.1. The second kappa shape index (κ2) is 37.1. The molecule has 0 radical (unpaired) electrons. The van der Waals surface area contributed by atoms with Crippen LogP contribution < -0.4 is 4.89 Å². The normalized spacial score (nSPS) is 14.4. The lowest BCUT2D eigenvalue weighted by Gasteiger charge is -2.28. The minimum absolute atomic E-state index is 0.0427. The van der Waals surface area contributed by atoms with E-state index >= 15 is 0 Å². The number of hydrogen-bond acceptors (Lipinski definition) is 8. The lowest BCUT2D eigenvalue weighted by Crippen LogP contribution is -2.37. The summed E-state index contributed by atoms with van der Waals surface area (Å²) in [7, 11) is 1.12. The molecule has 0 rings (SSSR count). The Labute approximate surface area is 336 Å². The van der Waals surface area contributed by atoms with Gasteiger partial charge < -0.3 is 27.9 Å². The average Bonchev–Trinajstić information content (AvgIpc) is 3.13. The molecule has 9 nitrogen and oxygen atoms in total. The molecular formula is C45H78NO8P. The number of rotatable bonds is 37. The number of phosphoric acid groups is 1. The van der Waals surface area contributed by atoms with Crippen LogP contribution in [0.4, 0.5) is 0 Å². The monoisotopic (exact) mass is 792 g/mol. The van der Waals surface area contributed by atoms with Crippen molar-refractivity contribution in [3.63, 3.8) is 0 Å². The molecule has 316 valence electrons. The molecule has 0 heterocycles. The standard InChI is InChI=1S/C45H78NO8P/c1-6-8-10-12-14-16-18-20-21-22-23-24-26-27-29-31-33-35-37-44(47)51-41-43(42-53-55(49,50)52-40-39-46(3,4)5)54-45(48)38-36-34-32-30-28-25-19-17-15-13-11-9-7-2/h9,11,13,15,17-24,43H,6-8,10,12,14,16,25-42H2,1-5H3/b11-9+,15-13+,19-17+,20-18+,22-21+,24-23+. The first-order valence-electron chi connectivity index (χ1n) is 21.2. The molecule has 0 fully saturated rings. The summed E-state index contributed by atoms with van der Waals surface area (Å²) in [5.74, 6) is -0.889. The van der Waals surface area contributed by atoms with E-state index in [2.05, 4.69) is 68.5 Å². The number of ether oxygens (including phenoxy) is 2. The number of phosphoric ester groups is 1. The van der Waals surface area contributed by atoms with Gasteiger partial charge in [-0.3, -0.25) is 14.2 Å². The number of nitrogens with zero attached hydrogens (tertiary/aromatic N) is 1. The third kappa shape index (κ3) is 40.9. The maximum Gasteiger partial charge on any atom is 0.306 e. The molecule has 55 heavy (non-hydrogen) atoms. The maximum absolute atomic E-state index is 12.6. The molecular weight excluding hydrogens is 713 g/mol. The smallest absolute Gasteiger partial charge is 0.306 e. The number of carbonyl (C=O) groups excluding carboxylic acids is 2. The van der Waals surface area contributed by atoms with Crippen LogP contribution in [-0.2, 0) is 32.7 Å². The second-order valence-corrected chi connectivity index (χ2v) is 16.5. The summed E-state index contributed by atoms with van der Waals surface area (Å²) in [6.07, 6.45) is 45.0. The summed E-state index contributed by atoms with van der Waals surface area (Å²) in [6, 6.07) is 0. The molecule has 0 aliphatic carbocycles. The van der Waals surface area contributed by atoms with E-state index in [1.165, 1.54) is 32.1 Å². The summed E-state index contributed by atoms with van der Waals surface area (Å²) in [4.78, 5) is 37.5. The highest BCUT2D eigenvalue weighted by Crippen LogP contribution is 2.38. The van der Waals surface area contributed by atoms with E-state index in [0.717, 1.165) is 77.0 Å². The van der Waals surface area contributed by atoms with E-state index in [9.17, 15) is 19.0 Å². The molecule has 2 atom stereocenters. The van der Waals surface area contributed by atoms with Crippen LogP contribution in [0.15, 0.2) is 72.9 Å². The number of esters is 2. The Bertz CT molecular complexity index is 1170. The zero-order chi connectivity index (χ0) is 40.7. The van der Waals surface area contributed by atoms with Crippen molar-refractivity contribution in [1.29, 1.82) is 0 Å². The number of allylic oxidation sites excluding steroid dienone is 12. The lowest BCUT2D eigenvalue weighted by molar-refractivity contribution is -0.870. The molecule has 0 aromatic heterocycles.